The predicted octanol–water partition coefficient (Wildman–Crippen LogP) is 6.27. The van der Waals surface area contributed by atoms with Crippen molar-refractivity contribution >= 4 is 34.4 Å². The van der Waals surface area contributed by atoms with E-state index in [4.69, 9.17) is 4.42 Å². The smallest absolute Gasteiger partial charge is 0.317 e. The maximum atomic E-state index is 13.3. The van der Waals surface area contributed by atoms with Gasteiger partial charge in [0.2, 0.25) is 0 Å². The van der Waals surface area contributed by atoms with Crippen LogP contribution in [0.5, 0.6) is 0 Å². The van der Waals surface area contributed by atoms with Gasteiger partial charge in [0.15, 0.2) is 5.78 Å². The van der Waals surface area contributed by atoms with E-state index < -0.39 is 0 Å². The fourth-order valence-corrected chi connectivity index (χ4v) is 5.51. The summed E-state index contributed by atoms with van der Waals surface area (Å²) < 4.78 is 6.43. The number of Topliss-reactive ketones (excluding diaryl/α,β-unsaturated/α-hetero) is 1. The summed E-state index contributed by atoms with van der Waals surface area (Å²) in [5.74, 6) is 0.402. The molecule has 0 unspecified atom stereocenters. The number of nitrogens with one attached hydrogen (secondary N) is 2. The molecule has 1 saturated heterocycles. The van der Waals surface area contributed by atoms with Gasteiger partial charge in [-0.05, 0) is 44.5 Å². The lowest BCUT2D eigenvalue weighted by molar-refractivity contribution is 0.0948. The number of urea groups is 1. The first-order chi connectivity index (χ1) is 20.3. The molecule has 0 bridgehead atoms. The van der Waals surface area contributed by atoms with Crippen LogP contribution in [-0.2, 0) is 0 Å². The molecule has 1 aliphatic rings. The minimum Gasteiger partial charge on any atom is -0.455 e. The topological polar surface area (TPSA) is 94.9 Å². The van der Waals surface area contributed by atoms with Crippen LogP contribution < -0.4 is 15.5 Å². The number of hydrogen-bond donors (Lipinski definition) is 2. The van der Waals surface area contributed by atoms with E-state index in [1.165, 1.54) is 0 Å². The molecule has 0 aliphatic carbocycles. The highest BCUT2D eigenvalue weighted by molar-refractivity contribution is 6.13. The van der Waals surface area contributed by atoms with E-state index in [9.17, 15) is 14.4 Å². The molecule has 0 saturated carbocycles. The lowest BCUT2D eigenvalue weighted by Gasteiger charge is -2.24. The molecule has 8 heteroatoms. The number of nitrogens with zero attached hydrogens (tertiary/aromatic N) is 2. The summed E-state index contributed by atoms with van der Waals surface area (Å²) in [7, 11) is 0. The normalized spacial score (nSPS) is 13.0. The van der Waals surface area contributed by atoms with Gasteiger partial charge < -0.3 is 24.9 Å². The zero-order valence-electron chi connectivity index (χ0n) is 24.8. The van der Waals surface area contributed by atoms with Gasteiger partial charge in [0.1, 0.15) is 11.3 Å². The van der Waals surface area contributed by atoms with Gasteiger partial charge in [-0.2, -0.15) is 0 Å². The Labute approximate surface area is 246 Å². The fourth-order valence-electron chi connectivity index (χ4n) is 5.51. The van der Waals surface area contributed by atoms with Crippen LogP contribution in [0.3, 0.4) is 0 Å². The molecule has 42 heavy (non-hydrogen) atoms. The molecule has 8 nitrogen and oxygen atoms in total. The van der Waals surface area contributed by atoms with Crippen LogP contribution in [0, 0.1) is 6.92 Å². The number of aryl methyl sites for hydroxylation is 1. The number of furan rings is 1. The second-order valence-electron chi connectivity index (χ2n) is 10.5. The van der Waals surface area contributed by atoms with Crippen LogP contribution in [0.2, 0.25) is 0 Å². The number of fused-ring (bicyclic) bond motifs is 1. The van der Waals surface area contributed by atoms with Crippen molar-refractivity contribution in [2.75, 3.05) is 44.2 Å². The van der Waals surface area contributed by atoms with E-state index in [0.29, 0.717) is 55.1 Å². The Morgan fingerprint density at radius 1 is 1.00 bits per heavy atom. The molecule has 0 atom stereocenters. The Balaban J connectivity index is 1.57. The Hall–Kier alpha value is -4.59. The quantitative estimate of drug-likeness (QED) is 0.209. The minimum absolute atomic E-state index is 0.0191. The number of benzene rings is 3. The van der Waals surface area contributed by atoms with E-state index in [1.54, 1.807) is 11.0 Å². The van der Waals surface area contributed by atoms with Gasteiger partial charge in [-0.25, -0.2) is 4.79 Å². The van der Waals surface area contributed by atoms with Crippen LogP contribution in [0.15, 0.2) is 65.1 Å². The summed E-state index contributed by atoms with van der Waals surface area (Å²) in [6.07, 6.45) is 0.357. The highest BCUT2D eigenvalue weighted by atomic mass is 16.3. The van der Waals surface area contributed by atoms with E-state index in [2.05, 4.69) is 29.4 Å². The van der Waals surface area contributed by atoms with Gasteiger partial charge in [0.25, 0.3) is 5.91 Å². The summed E-state index contributed by atoms with van der Waals surface area (Å²) in [6.45, 7) is 11.8. The van der Waals surface area contributed by atoms with Crippen molar-refractivity contribution in [3.05, 3.63) is 77.4 Å². The molecule has 0 radical (unpaired) electrons. The fraction of sp³-hybridized carbons (Fsp3) is 0.324. The summed E-state index contributed by atoms with van der Waals surface area (Å²) in [5.41, 5.74) is 6.55. The molecule has 1 aliphatic heterocycles. The SMILES string of the molecule is CCC(=O)c1c(-c2ccc(C)cc2)oc2cc(N(CC)CC)c(-c3cccc(C(=O)NCCN4CCNC4=O)c3)cc12. The van der Waals surface area contributed by atoms with Crippen LogP contribution >= 0.6 is 0 Å². The predicted molar refractivity (Wildman–Crippen MR) is 167 cm³/mol. The monoisotopic (exact) mass is 566 g/mol. The first kappa shape index (κ1) is 28.9. The zero-order chi connectivity index (χ0) is 29.8. The summed E-state index contributed by atoms with van der Waals surface area (Å²) in [5, 5.41) is 6.48. The number of anilines is 1. The van der Waals surface area contributed by atoms with Gasteiger partial charge in [-0.1, -0.05) is 48.9 Å². The van der Waals surface area contributed by atoms with Gasteiger partial charge >= 0.3 is 6.03 Å². The number of hydrogen-bond acceptors (Lipinski definition) is 5. The highest BCUT2D eigenvalue weighted by Crippen LogP contribution is 2.41. The third-order valence-corrected chi connectivity index (χ3v) is 7.87. The molecule has 2 heterocycles. The Morgan fingerprint density at radius 2 is 1.76 bits per heavy atom. The Morgan fingerprint density at radius 3 is 2.43 bits per heavy atom. The maximum absolute atomic E-state index is 13.3. The van der Waals surface area contributed by atoms with Crippen molar-refractivity contribution in [1.29, 1.82) is 0 Å². The number of carbonyl (C=O) groups is 3. The zero-order valence-corrected chi connectivity index (χ0v) is 24.8. The second-order valence-corrected chi connectivity index (χ2v) is 10.5. The summed E-state index contributed by atoms with van der Waals surface area (Å²) >= 11 is 0. The van der Waals surface area contributed by atoms with Gasteiger partial charge in [-0.15, -0.1) is 0 Å². The molecule has 218 valence electrons. The van der Waals surface area contributed by atoms with Crippen LogP contribution in [0.1, 0.15) is 53.5 Å². The molecular formula is C34H38N4O4. The molecule has 3 amide bonds. The number of carbonyl (C=O) groups excluding carboxylic acids is 3. The lowest BCUT2D eigenvalue weighted by Crippen LogP contribution is -2.36. The molecule has 5 rings (SSSR count). The van der Waals surface area contributed by atoms with Crippen molar-refractivity contribution in [3.63, 3.8) is 0 Å². The average molecular weight is 567 g/mol. The molecule has 2 N–H and O–H groups in total. The van der Waals surface area contributed by atoms with Gasteiger partial charge in [0.05, 0.1) is 5.56 Å². The third kappa shape index (κ3) is 5.75. The van der Waals surface area contributed by atoms with E-state index >= 15 is 0 Å². The number of rotatable bonds is 11. The van der Waals surface area contributed by atoms with Crippen molar-refractivity contribution < 1.29 is 18.8 Å². The van der Waals surface area contributed by atoms with Crippen molar-refractivity contribution in [3.8, 4) is 22.5 Å². The van der Waals surface area contributed by atoms with Gasteiger partial charge in [0, 0.05) is 79.5 Å². The molecule has 1 aromatic heterocycles. The molecule has 3 aromatic carbocycles. The summed E-state index contributed by atoms with van der Waals surface area (Å²) in [4.78, 5) is 42.2. The minimum atomic E-state index is -0.200. The average Bonchev–Trinajstić information content (AvgIpc) is 3.60. The largest absolute Gasteiger partial charge is 0.455 e. The highest BCUT2D eigenvalue weighted by Gasteiger charge is 2.24. The third-order valence-electron chi connectivity index (χ3n) is 7.87. The van der Waals surface area contributed by atoms with Crippen LogP contribution in [-0.4, -0.2) is 61.9 Å². The van der Waals surface area contributed by atoms with Crippen molar-refractivity contribution in [2.45, 2.75) is 34.1 Å². The van der Waals surface area contributed by atoms with E-state index in [1.807, 2.05) is 68.4 Å². The van der Waals surface area contributed by atoms with E-state index in [-0.39, 0.29) is 17.7 Å². The number of ketones is 1. The Bertz CT molecular complexity index is 1620. The van der Waals surface area contributed by atoms with Crippen LogP contribution in [0.25, 0.3) is 33.4 Å². The first-order valence-electron chi connectivity index (χ1n) is 14.7. The Kier molecular flexibility index (Phi) is 8.61. The second kappa shape index (κ2) is 12.5. The first-order valence-corrected chi connectivity index (χ1v) is 14.7. The molecular weight excluding hydrogens is 528 g/mol. The number of amides is 3. The summed E-state index contributed by atoms with van der Waals surface area (Å²) in [6, 6.07) is 19.5. The van der Waals surface area contributed by atoms with Crippen LogP contribution in [0.4, 0.5) is 10.5 Å². The molecule has 4 aromatic rings. The van der Waals surface area contributed by atoms with E-state index in [0.717, 1.165) is 46.4 Å². The standard InChI is InChI=1S/C34H38N4O4/c1-5-29(39)31-27-20-26(24-9-8-10-25(19-24)33(40)35-15-17-38-18-16-36-34(38)41)28(37(6-2)7-3)21-30(27)42-32(31)23-13-11-22(4)12-14-23/h8-14,19-21H,5-7,15-18H2,1-4H3,(H,35,40)(H,36,41). The lowest BCUT2D eigenvalue weighted by atomic mass is 9.95. The molecule has 1 fully saturated rings. The maximum Gasteiger partial charge on any atom is 0.317 e. The van der Waals surface area contributed by atoms with Gasteiger partial charge in [-0.3, -0.25) is 9.59 Å². The molecule has 0 spiro atoms. The van der Waals surface area contributed by atoms with Crippen molar-refractivity contribution in [1.82, 2.24) is 15.5 Å². The van der Waals surface area contributed by atoms with Crippen molar-refractivity contribution in [2.24, 2.45) is 0 Å².